The van der Waals surface area contributed by atoms with Gasteiger partial charge in [0, 0.05) is 29.6 Å². The summed E-state index contributed by atoms with van der Waals surface area (Å²) in [6, 6.07) is 9.44. The van der Waals surface area contributed by atoms with Gasteiger partial charge in [0.25, 0.3) is 0 Å². The van der Waals surface area contributed by atoms with Gasteiger partial charge in [-0.05, 0) is 37.5 Å². The van der Waals surface area contributed by atoms with E-state index in [-0.39, 0.29) is 5.91 Å². The largest absolute Gasteiger partial charge is 0.326 e. The van der Waals surface area contributed by atoms with Crippen LogP contribution >= 0.6 is 11.3 Å². The minimum atomic E-state index is -0.0399. The zero-order valence-corrected chi connectivity index (χ0v) is 13.5. The summed E-state index contributed by atoms with van der Waals surface area (Å²) in [5.41, 5.74) is 4.36. The molecular formula is C17H18N4OS. The van der Waals surface area contributed by atoms with Crippen LogP contribution in [0, 0.1) is 11.3 Å². The van der Waals surface area contributed by atoms with Crippen LogP contribution in [0.15, 0.2) is 29.8 Å². The van der Waals surface area contributed by atoms with Crippen LogP contribution < -0.4 is 10.6 Å². The van der Waals surface area contributed by atoms with E-state index in [1.165, 1.54) is 10.6 Å². The summed E-state index contributed by atoms with van der Waals surface area (Å²) >= 11 is 1.72. The first kappa shape index (κ1) is 15.7. The summed E-state index contributed by atoms with van der Waals surface area (Å²) < 4.78 is 0. The first-order valence-electron chi connectivity index (χ1n) is 7.69. The number of nitrogens with one attached hydrogen (secondary N) is 2. The highest BCUT2D eigenvalue weighted by atomic mass is 32.1. The van der Waals surface area contributed by atoms with Crippen LogP contribution in [0.25, 0.3) is 0 Å². The van der Waals surface area contributed by atoms with E-state index in [0.717, 1.165) is 19.3 Å². The average molecular weight is 326 g/mol. The van der Waals surface area contributed by atoms with Crippen LogP contribution in [0.2, 0.25) is 0 Å². The monoisotopic (exact) mass is 326 g/mol. The Kier molecular flexibility index (Phi) is 5.01. The lowest BCUT2D eigenvalue weighted by atomic mass is 9.97. The molecule has 1 aromatic carbocycles. The number of hydrogen-bond donors (Lipinski definition) is 2. The number of benzene rings is 1. The second-order valence-corrected chi connectivity index (χ2v) is 6.55. The molecule has 2 N–H and O–H groups in total. The minimum absolute atomic E-state index is 0.0399. The second kappa shape index (κ2) is 7.36. The van der Waals surface area contributed by atoms with E-state index >= 15 is 0 Å². The fourth-order valence-electron chi connectivity index (χ4n) is 2.75. The van der Waals surface area contributed by atoms with E-state index in [9.17, 15) is 4.79 Å². The van der Waals surface area contributed by atoms with Crippen molar-refractivity contribution in [3.05, 3.63) is 45.9 Å². The molecule has 1 aliphatic carbocycles. The molecule has 3 rings (SSSR count). The number of nitriles is 1. The van der Waals surface area contributed by atoms with Gasteiger partial charge in [0.05, 0.1) is 22.8 Å². The Balaban J connectivity index is 1.42. The Hall–Kier alpha value is -2.23. The predicted octanol–water partition coefficient (Wildman–Crippen LogP) is 2.49. The van der Waals surface area contributed by atoms with Crippen molar-refractivity contribution >= 4 is 22.9 Å². The maximum atomic E-state index is 12.0. The lowest BCUT2D eigenvalue weighted by molar-refractivity contribution is -0.116. The molecule has 1 aromatic heterocycles. The molecule has 1 heterocycles. The van der Waals surface area contributed by atoms with Gasteiger partial charge in [0.15, 0.2) is 0 Å². The summed E-state index contributed by atoms with van der Waals surface area (Å²) in [6.07, 6.45) is 3.51. The number of carbonyl (C=O) groups is 1. The van der Waals surface area contributed by atoms with Gasteiger partial charge in [-0.2, -0.15) is 5.26 Å². The van der Waals surface area contributed by atoms with Gasteiger partial charge in [0.2, 0.25) is 5.91 Å². The molecule has 1 atom stereocenters. The Morgan fingerprint density at radius 2 is 2.39 bits per heavy atom. The Morgan fingerprint density at radius 3 is 3.26 bits per heavy atom. The minimum Gasteiger partial charge on any atom is -0.326 e. The smallest absolute Gasteiger partial charge is 0.225 e. The first-order chi connectivity index (χ1) is 11.2. The zero-order valence-electron chi connectivity index (χ0n) is 12.7. The SMILES string of the molecule is N#Cc1cccc(NC(=O)CCNC2CCc3ncsc3C2)c1. The highest BCUT2D eigenvalue weighted by molar-refractivity contribution is 7.09. The number of anilines is 1. The summed E-state index contributed by atoms with van der Waals surface area (Å²) in [5.74, 6) is -0.0399. The van der Waals surface area contributed by atoms with Crippen LogP contribution in [0.1, 0.15) is 29.0 Å². The van der Waals surface area contributed by atoms with E-state index in [2.05, 4.69) is 21.7 Å². The van der Waals surface area contributed by atoms with Crippen LogP contribution in [0.5, 0.6) is 0 Å². The lowest BCUT2D eigenvalue weighted by Gasteiger charge is -2.22. The quantitative estimate of drug-likeness (QED) is 0.885. The maximum absolute atomic E-state index is 12.0. The number of nitrogens with zero attached hydrogens (tertiary/aromatic N) is 2. The third-order valence-corrected chi connectivity index (χ3v) is 4.84. The number of fused-ring (bicyclic) bond motifs is 1. The molecule has 0 fully saturated rings. The van der Waals surface area contributed by atoms with Crippen LogP contribution in [-0.2, 0) is 17.6 Å². The summed E-state index contributed by atoms with van der Waals surface area (Å²) in [6.45, 7) is 0.655. The van der Waals surface area contributed by atoms with Gasteiger partial charge in [-0.3, -0.25) is 4.79 Å². The van der Waals surface area contributed by atoms with Gasteiger partial charge in [-0.15, -0.1) is 11.3 Å². The van der Waals surface area contributed by atoms with E-state index in [1.807, 2.05) is 5.51 Å². The first-order valence-corrected chi connectivity index (χ1v) is 8.57. The molecule has 0 bridgehead atoms. The van der Waals surface area contributed by atoms with Crippen LogP contribution in [-0.4, -0.2) is 23.5 Å². The molecule has 0 spiro atoms. The standard InChI is InChI=1S/C17H18N4OS/c18-10-12-2-1-3-14(8-12)21-17(22)6-7-19-13-4-5-15-16(9-13)23-11-20-15/h1-3,8,11,13,19H,4-7,9H2,(H,21,22). The van der Waals surface area contributed by atoms with Crippen molar-refractivity contribution in [1.29, 1.82) is 5.26 Å². The molecule has 1 amide bonds. The van der Waals surface area contributed by atoms with Crippen molar-refractivity contribution in [3.63, 3.8) is 0 Å². The lowest BCUT2D eigenvalue weighted by Crippen LogP contribution is -2.36. The number of thiazole rings is 1. The van der Waals surface area contributed by atoms with Gasteiger partial charge in [-0.1, -0.05) is 6.07 Å². The van der Waals surface area contributed by atoms with E-state index in [0.29, 0.717) is 30.3 Å². The molecule has 1 aliphatic rings. The molecule has 0 aliphatic heterocycles. The highest BCUT2D eigenvalue weighted by Crippen LogP contribution is 2.23. The molecule has 0 saturated carbocycles. The van der Waals surface area contributed by atoms with Crippen molar-refractivity contribution in [2.75, 3.05) is 11.9 Å². The van der Waals surface area contributed by atoms with E-state index in [4.69, 9.17) is 5.26 Å². The third-order valence-electron chi connectivity index (χ3n) is 3.95. The van der Waals surface area contributed by atoms with Gasteiger partial charge in [-0.25, -0.2) is 4.98 Å². The molecule has 0 saturated heterocycles. The number of amides is 1. The van der Waals surface area contributed by atoms with Crippen molar-refractivity contribution in [3.8, 4) is 6.07 Å². The van der Waals surface area contributed by atoms with E-state index < -0.39 is 0 Å². The summed E-state index contributed by atoms with van der Waals surface area (Å²) in [5, 5.41) is 15.1. The Bertz CT molecular complexity index is 734. The van der Waals surface area contributed by atoms with Crippen LogP contribution in [0.3, 0.4) is 0 Å². The average Bonchev–Trinajstić information content (AvgIpc) is 3.02. The van der Waals surface area contributed by atoms with Crippen molar-refractivity contribution in [1.82, 2.24) is 10.3 Å². The topological polar surface area (TPSA) is 77.8 Å². The highest BCUT2D eigenvalue weighted by Gasteiger charge is 2.20. The second-order valence-electron chi connectivity index (χ2n) is 5.61. The molecule has 23 heavy (non-hydrogen) atoms. The molecule has 1 unspecified atom stereocenters. The predicted molar refractivity (Wildman–Crippen MR) is 90.3 cm³/mol. The van der Waals surface area contributed by atoms with Gasteiger partial charge in [0.1, 0.15) is 0 Å². The Morgan fingerprint density at radius 1 is 1.48 bits per heavy atom. The van der Waals surface area contributed by atoms with Crippen molar-refractivity contribution in [2.24, 2.45) is 0 Å². The maximum Gasteiger partial charge on any atom is 0.225 e. The Labute approximate surface area is 139 Å². The van der Waals surface area contributed by atoms with Crippen molar-refractivity contribution in [2.45, 2.75) is 31.7 Å². The number of aromatic nitrogens is 1. The number of aryl methyl sites for hydroxylation is 1. The number of rotatable bonds is 5. The van der Waals surface area contributed by atoms with Crippen molar-refractivity contribution < 1.29 is 4.79 Å². The van der Waals surface area contributed by atoms with E-state index in [1.54, 1.807) is 35.6 Å². The fourth-order valence-corrected chi connectivity index (χ4v) is 3.65. The van der Waals surface area contributed by atoms with Gasteiger partial charge >= 0.3 is 0 Å². The number of carbonyl (C=O) groups excluding carboxylic acids is 1. The van der Waals surface area contributed by atoms with Crippen LogP contribution in [0.4, 0.5) is 5.69 Å². The third kappa shape index (κ3) is 4.15. The normalized spacial score (nSPS) is 16.4. The number of hydrogen-bond acceptors (Lipinski definition) is 5. The molecule has 2 aromatic rings. The summed E-state index contributed by atoms with van der Waals surface area (Å²) in [7, 11) is 0. The molecular weight excluding hydrogens is 308 g/mol. The van der Waals surface area contributed by atoms with Gasteiger partial charge < -0.3 is 10.6 Å². The molecule has 6 heteroatoms. The molecule has 5 nitrogen and oxygen atoms in total. The summed E-state index contributed by atoms with van der Waals surface area (Å²) in [4.78, 5) is 17.7. The zero-order chi connectivity index (χ0) is 16.1. The molecule has 0 radical (unpaired) electrons. The molecule has 118 valence electrons. The fraction of sp³-hybridized carbons (Fsp3) is 0.353.